The molecule has 1 unspecified atom stereocenters. The lowest BCUT2D eigenvalue weighted by molar-refractivity contribution is -0.123. The summed E-state index contributed by atoms with van der Waals surface area (Å²) in [5, 5.41) is 13.5. The van der Waals surface area contributed by atoms with E-state index in [4.69, 9.17) is 4.74 Å². The lowest BCUT2D eigenvalue weighted by Gasteiger charge is -2.30. The van der Waals surface area contributed by atoms with Crippen LogP contribution in [0, 0.1) is 6.92 Å². The predicted molar refractivity (Wildman–Crippen MR) is 85.0 cm³/mol. The second-order valence-corrected chi connectivity index (χ2v) is 7.36. The predicted octanol–water partition coefficient (Wildman–Crippen LogP) is 1.32. The van der Waals surface area contributed by atoms with Gasteiger partial charge in [-0.2, -0.15) is 0 Å². The monoisotopic (exact) mass is 324 g/mol. The van der Waals surface area contributed by atoms with Crippen molar-refractivity contribution in [1.29, 1.82) is 0 Å². The third-order valence-electron chi connectivity index (χ3n) is 4.40. The van der Waals surface area contributed by atoms with Crippen molar-refractivity contribution in [2.45, 2.75) is 44.6 Å². The number of aromatic nitrogens is 2. The second-order valence-electron chi connectivity index (χ2n) is 6.15. The molecule has 2 aliphatic rings. The second kappa shape index (κ2) is 7.48. The van der Waals surface area contributed by atoms with Gasteiger partial charge < -0.3 is 10.1 Å². The van der Waals surface area contributed by atoms with Crippen molar-refractivity contribution in [3.8, 4) is 0 Å². The maximum absolute atomic E-state index is 12.0. The molecule has 3 rings (SSSR count). The smallest absolute Gasteiger partial charge is 0.234 e. The van der Waals surface area contributed by atoms with Crippen molar-refractivity contribution in [3.05, 3.63) is 10.0 Å². The standard InChI is InChI=1S/C15H24N4O2S/c1-11-17-18-15(22-11)12-4-6-19(7-5-12)10-14(20)16-9-13-3-2-8-21-13/h12-13H,2-10H2,1H3,(H,16,20). The minimum Gasteiger partial charge on any atom is -0.376 e. The lowest BCUT2D eigenvalue weighted by atomic mass is 9.98. The zero-order valence-electron chi connectivity index (χ0n) is 13.1. The Balaban J connectivity index is 1.37. The van der Waals surface area contributed by atoms with Crippen LogP contribution in [0.3, 0.4) is 0 Å². The van der Waals surface area contributed by atoms with E-state index in [2.05, 4.69) is 20.4 Å². The summed E-state index contributed by atoms with van der Waals surface area (Å²) in [5.74, 6) is 0.623. The quantitative estimate of drug-likeness (QED) is 0.885. The van der Waals surface area contributed by atoms with E-state index in [-0.39, 0.29) is 12.0 Å². The van der Waals surface area contributed by atoms with Crippen LogP contribution in [0.4, 0.5) is 0 Å². The lowest BCUT2D eigenvalue weighted by Crippen LogP contribution is -2.42. The zero-order valence-corrected chi connectivity index (χ0v) is 13.9. The first-order valence-electron chi connectivity index (χ1n) is 8.11. The van der Waals surface area contributed by atoms with Crippen molar-refractivity contribution >= 4 is 17.2 Å². The van der Waals surface area contributed by atoms with Crippen molar-refractivity contribution in [1.82, 2.24) is 20.4 Å². The maximum Gasteiger partial charge on any atom is 0.234 e. The van der Waals surface area contributed by atoms with Gasteiger partial charge in [0.15, 0.2) is 0 Å². The first-order valence-corrected chi connectivity index (χ1v) is 8.93. The fourth-order valence-corrected chi connectivity index (χ4v) is 3.98. The van der Waals surface area contributed by atoms with Crippen molar-refractivity contribution in [2.24, 2.45) is 0 Å². The summed E-state index contributed by atoms with van der Waals surface area (Å²) in [6, 6.07) is 0. The van der Waals surface area contributed by atoms with Crippen LogP contribution in [-0.4, -0.2) is 59.9 Å². The SMILES string of the molecule is Cc1nnc(C2CCN(CC(=O)NCC3CCCO3)CC2)s1. The van der Waals surface area contributed by atoms with Crippen LogP contribution in [-0.2, 0) is 9.53 Å². The summed E-state index contributed by atoms with van der Waals surface area (Å²) in [6.07, 6.45) is 4.52. The molecule has 1 N–H and O–H groups in total. The van der Waals surface area contributed by atoms with Crippen LogP contribution in [0.25, 0.3) is 0 Å². The number of aryl methyl sites for hydroxylation is 1. The summed E-state index contributed by atoms with van der Waals surface area (Å²) < 4.78 is 5.52. The Morgan fingerprint density at radius 2 is 2.18 bits per heavy atom. The van der Waals surface area contributed by atoms with Crippen LogP contribution in [0.5, 0.6) is 0 Å². The third-order valence-corrected chi connectivity index (χ3v) is 5.40. The zero-order chi connectivity index (χ0) is 15.4. The first-order chi connectivity index (χ1) is 10.7. The highest BCUT2D eigenvalue weighted by molar-refractivity contribution is 7.11. The highest BCUT2D eigenvalue weighted by Crippen LogP contribution is 2.29. The van der Waals surface area contributed by atoms with Gasteiger partial charge in [0.1, 0.15) is 10.0 Å². The van der Waals surface area contributed by atoms with Crippen LogP contribution in [0.15, 0.2) is 0 Å². The molecule has 1 aromatic heterocycles. The fraction of sp³-hybridized carbons (Fsp3) is 0.800. The molecule has 0 spiro atoms. The van der Waals surface area contributed by atoms with Gasteiger partial charge in [-0.3, -0.25) is 9.69 Å². The highest BCUT2D eigenvalue weighted by Gasteiger charge is 2.24. The molecule has 2 aliphatic heterocycles. The summed E-state index contributed by atoms with van der Waals surface area (Å²) in [6.45, 7) is 5.88. The van der Waals surface area contributed by atoms with Crippen LogP contribution < -0.4 is 5.32 Å². The Hall–Kier alpha value is -1.05. The molecule has 22 heavy (non-hydrogen) atoms. The molecule has 7 heteroatoms. The van der Waals surface area contributed by atoms with Crippen LogP contribution in [0.2, 0.25) is 0 Å². The van der Waals surface area contributed by atoms with Gasteiger partial charge >= 0.3 is 0 Å². The Labute approximate surface area is 135 Å². The number of nitrogens with one attached hydrogen (secondary N) is 1. The molecule has 0 saturated carbocycles. The normalized spacial score (nSPS) is 23.8. The van der Waals surface area contributed by atoms with E-state index >= 15 is 0 Å². The first kappa shape index (κ1) is 15.8. The molecule has 2 saturated heterocycles. The van der Waals surface area contributed by atoms with Crippen molar-refractivity contribution < 1.29 is 9.53 Å². The molecule has 1 aromatic rings. The molecule has 1 amide bonds. The van der Waals surface area contributed by atoms with Crippen molar-refractivity contribution in [3.63, 3.8) is 0 Å². The Kier molecular flexibility index (Phi) is 5.38. The Morgan fingerprint density at radius 1 is 1.36 bits per heavy atom. The minimum absolute atomic E-state index is 0.112. The number of amides is 1. The molecule has 0 bridgehead atoms. The van der Waals surface area contributed by atoms with Gasteiger partial charge in [0.25, 0.3) is 0 Å². The molecular formula is C15H24N4O2S. The van der Waals surface area contributed by atoms with E-state index in [1.165, 1.54) is 0 Å². The van der Waals surface area contributed by atoms with Crippen LogP contribution in [0.1, 0.15) is 41.6 Å². The molecular weight excluding hydrogens is 300 g/mol. The number of ether oxygens (including phenoxy) is 1. The van der Waals surface area contributed by atoms with Crippen LogP contribution >= 0.6 is 11.3 Å². The molecule has 3 heterocycles. The van der Waals surface area contributed by atoms with Gasteiger partial charge in [0.05, 0.1) is 12.6 Å². The van der Waals surface area contributed by atoms with E-state index in [0.29, 0.717) is 19.0 Å². The van der Waals surface area contributed by atoms with Gasteiger partial charge in [-0.1, -0.05) is 0 Å². The highest BCUT2D eigenvalue weighted by atomic mass is 32.1. The molecule has 2 fully saturated rings. The molecule has 0 radical (unpaired) electrons. The summed E-state index contributed by atoms with van der Waals surface area (Å²) in [4.78, 5) is 14.2. The van der Waals surface area contributed by atoms with Gasteiger partial charge in [-0.05, 0) is 45.7 Å². The van der Waals surface area contributed by atoms with E-state index in [0.717, 1.165) is 55.4 Å². The van der Waals surface area contributed by atoms with E-state index < -0.39 is 0 Å². The topological polar surface area (TPSA) is 67.4 Å². The largest absolute Gasteiger partial charge is 0.376 e. The van der Waals surface area contributed by atoms with E-state index in [9.17, 15) is 4.79 Å². The molecule has 6 nitrogen and oxygen atoms in total. The molecule has 0 aromatic carbocycles. The van der Waals surface area contributed by atoms with Crippen molar-refractivity contribution in [2.75, 3.05) is 32.8 Å². The number of hydrogen-bond acceptors (Lipinski definition) is 6. The number of hydrogen-bond donors (Lipinski definition) is 1. The number of rotatable bonds is 5. The maximum atomic E-state index is 12.0. The number of carbonyl (C=O) groups is 1. The molecule has 0 aliphatic carbocycles. The third kappa shape index (κ3) is 4.24. The van der Waals surface area contributed by atoms with E-state index in [1.54, 1.807) is 11.3 Å². The Morgan fingerprint density at radius 3 is 2.82 bits per heavy atom. The average molecular weight is 324 g/mol. The fourth-order valence-electron chi connectivity index (χ4n) is 3.11. The van der Waals surface area contributed by atoms with Gasteiger partial charge in [0.2, 0.25) is 5.91 Å². The van der Waals surface area contributed by atoms with Gasteiger partial charge in [0, 0.05) is 19.1 Å². The summed E-state index contributed by atoms with van der Waals surface area (Å²) in [5.41, 5.74) is 0. The summed E-state index contributed by atoms with van der Waals surface area (Å²) in [7, 11) is 0. The number of nitrogens with zero attached hydrogens (tertiary/aromatic N) is 3. The number of piperidine rings is 1. The number of likely N-dealkylation sites (tertiary alicyclic amines) is 1. The summed E-state index contributed by atoms with van der Waals surface area (Å²) >= 11 is 1.70. The molecule has 1 atom stereocenters. The minimum atomic E-state index is 0.112. The van der Waals surface area contributed by atoms with E-state index in [1.807, 2.05) is 6.92 Å². The number of carbonyl (C=O) groups excluding carboxylic acids is 1. The molecule has 122 valence electrons. The van der Waals surface area contributed by atoms with Gasteiger partial charge in [-0.15, -0.1) is 21.5 Å². The Bertz CT molecular complexity index is 493. The van der Waals surface area contributed by atoms with Gasteiger partial charge in [-0.25, -0.2) is 0 Å². The average Bonchev–Trinajstić information content (AvgIpc) is 3.17.